The van der Waals surface area contributed by atoms with E-state index in [0.29, 0.717) is 30.1 Å². The quantitative estimate of drug-likeness (QED) is 0.933. The van der Waals surface area contributed by atoms with Crippen molar-refractivity contribution in [3.63, 3.8) is 0 Å². The number of halogens is 1. The summed E-state index contributed by atoms with van der Waals surface area (Å²) < 4.78 is 8.07. The number of aromatic nitrogens is 3. The van der Waals surface area contributed by atoms with Gasteiger partial charge in [0.1, 0.15) is 0 Å². The number of aliphatic hydroxyl groups excluding tert-OH is 1. The van der Waals surface area contributed by atoms with E-state index in [2.05, 4.69) is 32.2 Å². The van der Waals surface area contributed by atoms with Gasteiger partial charge in [-0.15, -0.1) is 0 Å². The van der Waals surface area contributed by atoms with Gasteiger partial charge in [0.05, 0.1) is 17.6 Å². The third-order valence-corrected chi connectivity index (χ3v) is 4.64. The molecule has 0 radical (unpaired) electrons. The van der Waals surface area contributed by atoms with E-state index in [-0.39, 0.29) is 0 Å². The topological polar surface area (TPSA) is 60.2 Å². The van der Waals surface area contributed by atoms with Crippen molar-refractivity contribution in [3.8, 4) is 5.88 Å². The van der Waals surface area contributed by atoms with E-state index in [1.165, 1.54) is 0 Å². The number of rotatable bonds is 3. The zero-order valence-electron chi connectivity index (χ0n) is 11.4. The summed E-state index contributed by atoms with van der Waals surface area (Å²) in [4.78, 5) is 4.40. The molecule has 0 spiro atoms. The Morgan fingerprint density at radius 3 is 2.80 bits per heavy atom. The van der Waals surface area contributed by atoms with E-state index >= 15 is 0 Å². The molecule has 3 rings (SSSR count). The first-order valence-corrected chi connectivity index (χ1v) is 7.71. The van der Waals surface area contributed by atoms with Crippen molar-refractivity contribution in [2.75, 3.05) is 13.7 Å². The second-order valence-electron chi connectivity index (χ2n) is 5.36. The van der Waals surface area contributed by atoms with Crippen molar-refractivity contribution in [3.05, 3.63) is 16.7 Å². The minimum absolute atomic E-state index is 0.305. The van der Waals surface area contributed by atoms with Gasteiger partial charge in [-0.25, -0.2) is 0 Å². The summed E-state index contributed by atoms with van der Waals surface area (Å²) in [5.74, 6) is 1.02. The van der Waals surface area contributed by atoms with Gasteiger partial charge >= 0.3 is 0 Å². The highest BCUT2D eigenvalue weighted by atomic mass is 79.9. The minimum atomic E-state index is 0.305. The third-order valence-electron chi connectivity index (χ3n) is 4.08. The monoisotopic (exact) mass is 339 g/mol. The fraction of sp³-hybridized carbons (Fsp3) is 0.571. The van der Waals surface area contributed by atoms with Crippen LogP contribution in [0.5, 0.6) is 5.88 Å². The molecule has 0 bridgehead atoms. The summed E-state index contributed by atoms with van der Waals surface area (Å²) in [5.41, 5.74) is 0.717. The van der Waals surface area contributed by atoms with Crippen LogP contribution in [-0.2, 0) is 0 Å². The summed E-state index contributed by atoms with van der Waals surface area (Å²) >= 11 is 3.45. The van der Waals surface area contributed by atoms with Gasteiger partial charge in [-0.2, -0.15) is 10.1 Å². The van der Waals surface area contributed by atoms with E-state index in [0.717, 1.165) is 35.5 Å². The van der Waals surface area contributed by atoms with Gasteiger partial charge in [-0.05, 0) is 53.6 Å². The number of ether oxygens (including phenoxy) is 1. The highest BCUT2D eigenvalue weighted by Gasteiger charge is 2.23. The van der Waals surface area contributed by atoms with E-state index in [4.69, 9.17) is 4.74 Å². The second-order valence-corrected chi connectivity index (χ2v) is 6.21. The van der Waals surface area contributed by atoms with Crippen LogP contribution in [0.1, 0.15) is 31.7 Å². The average molecular weight is 340 g/mol. The fourth-order valence-corrected chi connectivity index (χ4v) is 3.35. The Bertz CT molecular complexity index is 606. The molecule has 2 heterocycles. The van der Waals surface area contributed by atoms with Crippen molar-refractivity contribution in [2.24, 2.45) is 5.92 Å². The van der Waals surface area contributed by atoms with Gasteiger partial charge in [0.25, 0.3) is 0 Å². The fourth-order valence-electron chi connectivity index (χ4n) is 2.85. The Labute approximate surface area is 126 Å². The van der Waals surface area contributed by atoms with Crippen LogP contribution >= 0.6 is 15.9 Å². The normalized spacial score (nSPS) is 23.1. The third kappa shape index (κ3) is 2.54. The predicted molar refractivity (Wildman–Crippen MR) is 79.9 cm³/mol. The maximum absolute atomic E-state index is 9.20. The Balaban J connectivity index is 1.86. The number of hydrogen-bond donors (Lipinski definition) is 1. The number of pyridine rings is 1. The summed E-state index contributed by atoms with van der Waals surface area (Å²) in [6, 6.07) is 2.40. The number of nitrogens with zero attached hydrogens (tertiary/aromatic N) is 3. The molecule has 0 atom stereocenters. The maximum Gasteiger partial charge on any atom is 0.229 e. The lowest BCUT2D eigenvalue weighted by molar-refractivity contribution is 0.165. The van der Waals surface area contributed by atoms with Crippen LogP contribution in [0.4, 0.5) is 0 Å². The number of aliphatic hydroxyl groups is 1. The summed E-state index contributed by atoms with van der Waals surface area (Å²) in [7, 11) is 1.60. The van der Waals surface area contributed by atoms with Crippen LogP contribution in [0.2, 0.25) is 0 Å². The Morgan fingerprint density at radius 1 is 1.40 bits per heavy atom. The van der Waals surface area contributed by atoms with Gasteiger partial charge in [0.15, 0.2) is 5.65 Å². The van der Waals surface area contributed by atoms with Gasteiger partial charge in [-0.1, -0.05) is 0 Å². The molecule has 1 N–H and O–H groups in total. The largest absolute Gasteiger partial charge is 0.480 e. The molecule has 1 aliphatic carbocycles. The van der Waals surface area contributed by atoms with Crippen LogP contribution in [0.25, 0.3) is 11.0 Å². The van der Waals surface area contributed by atoms with Crippen LogP contribution in [0.3, 0.4) is 0 Å². The number of fused-ring (bicyclic) bond motifs is 1. The second kappa shape index (κ2) is 5.69. The average Bonchev–Trinajstić information content (AvgIpc) is 2.89. The lowest BCUT2D eigenvalue weighted by atomic mass is 9.87. The lowest BCUT2D eigenvalue weighted by Gasteiger charge is -2.27. The SMILES string of the molecule is COc1nc2nn([C@H]3CC[C@H](CO)CC3)cc2cc1Br. The van der Waals surface area contributed by atoms with E-state index < -0.39 is 0 Å². The molecule has 1 saturated carbocycles. The smallest absolute Gasteiger partial charge is 0.229 e. The first kappa shape index (κ1) is 13.8. The molecule has 5 nitrogen and oxygen atoms in total. The molecule has 0 saturated heterocycles. The molecule has 0 unspecified atom stereocenters. The molecule has 0 amide bonds. The summed E-state index contributed by atoms with van der Waals surface area (Å²) in [6.07, 6.45) is 6.32. The van der Waals surface area contributed by atoms with Crippen molar-refractivity contribution >= 4 is 27.0 Å². The Morgan fingerprint density at radius 2 is 2.15 bits per heavy atom. The zero-order valence-corrected chi connectivity index (χ0v) is 13.0. The molecule has 2 aromatic heterocycles. The molecule has 20 heavy (non-hydrogen) atoms. The highest BCUT2D eigenvalue weighted by molar-refractivity contribution is 9.10. The Hall–Kier alpha value is -1.14. The van der Waals surface area contributed by atoms with Gasteiger partial charge in [0, 0.05) is 18.2 Å². The number of methoxy groups -OCH3 is 1. The van der Waals surface area contributed by atoms with Gasteiger partial charge in [0.2, 0.25) is 5.88 Å². The standard InChI is InChI=1S/C14H18BrN3O2/c1-20-14-12(15)6-10-7-18(17-13(10)16-14)11-4-2-9(8-19)3-5-11/h6-7,9,11,19H,2-5,8H2,1H3/t9-,11-. The van der Waals surface area contributed by atoms with E-state index in [1.807, 2.05) is 10.7 Å². The van der Waals surface area contributed by atoms with E-state index in [1.54, 1.807) is 7.11 Å². The van der Waals surface area contributed by atoms with Crippen LogP contribution in [-0.4, -0.2) is 33.6 Å². The molecular weight excluding hydrogens is 322 g/mol. The lowest BCUT2D eigenvalue weighted by Crippen LogP contribution is -2.20. The first-order chi connectivity index (χ1) is 9.71. The van der Waals surface area contributed by atoms with Crippen molar-refractivity contribution < 1.29 is 9.84 Å². The molecule has 6 heteroatoms. The van der Waals surface area contributed by atoms with Gasteiger partial charge in [-0.3, -0.25) is 4.68 Å². The summed E-state index contributed by atoms with van der Waals surface area (Å²) in [5, 5.41) is 14.8. The molecule has 108 valence electrons. The first-order valence-electron chi connectivity index (χ1n) is 6.91. The highest BCUT2D eigenvalue weighted by Crippen LogP contribution is 2.33. The zero-order chi connectivity index (χ0) is 14.1. The molecule has 2 aromatic rings. The van der Waals surface area contributed by atoms with Crippen molar-refractivity contribution in [1.29, 1.82) is 0 Å². The van der Waals surface area contributed by atoms with Crippen molar-refractivity contribution in [1.82, 2.24) is 14.8 Å². The van der Waals surface area contributed by atoms with E-state index in [9.17, 15) is 5.11 Å². The van der Waals surface area contributed by atoms with Crippen LogP contribution in [0.15, 0.2) is 16.7 Å². The number of hydrogen-bond acceptors (Lipinski definition) is 4. The van der Waals surface area contributed by atoms with Crippen molar-refractivity contribution in [2.45, 2.75) is 31.7 Å². The molecule has 1 aliphatic rings. The van der Waals surface area contributed by atoms with Crippen LogP contribution in [0, 0.1) is 5.92 Å². The molecular formula is C14H18BrN3O2. The Kier molecular flexibility index (Phi) is 3.94. The molecule has 0 aliphatic heterocycles. The summed E-state index contributed by atoms with van der Waals surface area (Å²) in [6.45, 7) is 0.305. The maximum atomic E-state index is 9.20. The van der Waals surface area contributed by atoms with Crippen LogP contribution < -0.4 is 4.74 Å². The van der Waals surface area contributed by atoms with Gasteiger partial charge < -0.3 is 9.84 Å². The molecule has 0 aromatic carbocycles. The predicted octanol–water partition coefficient (Wildman–Crippen LogP) is 2.93. The minimum Gasteiger partial charge on any atom is -0.480 e. The molecule has 1 fully saturated rings.